The van der Waals surface area contributed by atoms with Crippen LogP contribution in [0.1, 0.15) is 90.9 Å². The van der Waals surface area contributed by atoms with Gasteiger partial charge in [-0.1, -0.05) is 70.4 Å². The summed E-state index contributed by atoms with van der Waals surface area (Å²) >= 11 is 0. The highest BCUT2D eigenvalue weighted by atomic mass is 16.6. The molecule has 0 saturated carbocycles. The molecule has 27 heavy (non-hydrogen) atoms. The van der Waals surface area contributed by atoms with Crippen molar-refractivity contribution in [3.05, 3.63) is 37.0 Å². The summed E-state index contributed by atoms with van der Waals surface area (Å²) in [6, 6.07) is 0. The van der Waals surface area contributed by atoms with E-state index in [0.29, 0.717) is 12.8 Å². The number of unbranched alkanes of at least 4 members (excludes halogenated alkanes) is 7. The number of rotatable bonds is 17. The van der Waals surface area contributed by atoms with Crippen LogP contribution in [-0.4, -0.2) is 17.5 Å². The Morgan fingerprint density at radius 3 is 2.04 bits per heavy atom. The average molecular weight is 378 g/mol. The summed E-state index contributed by atoms with van der Waals surface area (Å²) in [5.74, 6) is -1.17. The molecule has 2 N–H and O–H groups in total. The minimum Gasteiger partial charge on any atom is -0.446 e. The summed E-state index contributed by atoms with van der Waals surface area (Å²) in [5, 5.41) is 0. The number of ether oxygens (including phenoxy) is 1. The molecule has 0 aliphatic carbocycles. The molecule has 0 aromatic rings. The van der Waals surface area contributed by atoms with Gasteiger partial charge in [0, 0.05) is 6.08 Å². The van der Waals surface area contributed by atoms with Crippen LogP contribution in [0.15, 0.2) is 37.0 Å². The van der Waals surface area contributed by atoms with Crippen molar-refractivity contribution in [2.45, 2.75) is 96.5 Å². The quantitative estimate of drug-likeness (QED) is 0.151. The van der Waals surface area contributed by atoms with Crippen molar-refractivity contribution in [2.75, 3.05) is 0 Å². The lowest BCUT2D eigenvalue weighted by molar-refractivity contribution is -0.164. The van der Waals surface area contributed by atoms with Crippen LogP contribution in [0.3, 0.4) is 0 Å². The predicted octanol–water partition coefficient (Wildman–Crippen LogP) is 5.77. The number of amides is 1. The Labute approximate surface area is 165 Å². The molecule has 4 heteroatoms. The van der Waals surface area contributed by atoms with Gasteiger partial charge in [0.15, 0.2) is 5.60 Å². The molecule has 0 fully saturated rings. The number of allylic oxidation sites excluding steroid dienone is 4. The molecular weight excluding hydrogens is 338 g/mol. The van der Waals surface area contributed by atoms with Gasteiger partial charge >= 0.3 is 5.97 Å². The number of nitrogens with two attached hydrogens (primary N) is 1. The zero-order chi connectivity index (χ0) is 20.4. The molecule has 4 nitrogen and oxygen atoms in total. The van der Waals surface area contributed by atoms with Crippen molar-refractivity contribution in [3.8, 4) is 0 Å². The number of primary amides is 1. The summed E-state index contributed by atoms with van der Waals surface area (Å²) < 4.78 is 5.26. The maximum atomic E-state index is 11.8. The first kappa shape index (κ1) is 25.2. The molecule has 0 spiro atoms. The number of carbonyl (C=O) groups is 2. The van der Waals surface area contributed by atoms with E-state index < -0.39 is 17.5 Å². The fourth-order valence-corrected chi connectivity index (χ4v) is 2.93. The topological polar surface area (TPSA) is 69.4 Å². The molecule has 0 aromatic carbocycles. The number of hydrogen-bond donors (Lipinski definition) is 1. The molecule has 0 aliphatic rings. The van der Waals surface area contributed by atoms with Crippen molar-refractivity contribution in [1.29, 1.82) is 0 Å². The molecule has 0 rings (SSSR count). The van der Waals surface area contributed by atoms with Gasteiger partial charge in [0.25, 0.3) is 5.91 Å². The molecule has 1 amide bonds. The fraction of sp³-hybridized carbons (Fsp3) is 0.652. The van der Waals surface area contributed by atoms with E-state index in [1.54, 1.807) is 0 Å². The van der Waals surface area contributed by atoms with Gasteiger partial charge in [-0.15, -0.1) is 0 Å². The maximum Gasteiger partial charge on any atom is 0.331 e. The zero-order valence-corrected chi connectivity index (χ0v) is 17.4. The lowest BCUT2D eigenvalue weighted by atomic mass is 9.92. The molecule has 0 aliphatic heterocycles. The smallest absolute Gasteiger partial charge is 0.331 e. The monoisotopic (exact) mass is 377 g/mol. The number of esters is 1. The maximum absolute atomic E-state index is 11.8. The third-order valence-electron chi connectivity index (χ3n) is 4.76. The second kappa shape index (κ2) is 16.3. The number of hydrogen-bond acceptors (Lipinski definition) is 3. The predicted molar refractivity (Wildman–Crippen MR) is 113 cm³/mol. The van der Waals surface area contributed by atoms with Crippen LogP contribution >= 0.6 is 0 Å². The number of carbonyl (C=O) groups excluding carboxylic acids is 2. The van der Waals surface area contributed by atoms with Gasteiger partial charge in [-0.25, -0.2) is 4.79 Å². The molecular formula is C23H39NO3. The van der Waals surface area contributed by atoms with Crippen LogP contribution < -0.4 is 5.73 Å². The highest BCUT2D eigenvalue weighted by molar-refractivity contribution is 5.89. The van der Waals surface area contributed by atoms with Gasteiger partial charge in [-0.3, -0.25) is 4.79 Å². The van der Waals surface area contributed by atoms with Crippen LogP contribution in [0.5, 0.6) is 0 Å². The van der Waals surface area contributed by atoms with Gasteiger partial charge in [0.2, 0.25) is 0 Å². The third-order valence-corrected chi connectivity index (χ3v) is 4.76. The SMILES string of the molecule is C=CC(=O)OC(CC)(CCCCCC/C=C\C/C=C\CCCCC)C(N)=O. The van der Waals surface area contributed by atoms with Gasteiger partial charge in [0.05, 0.1) is 0 Å². The normalized spacial score (nSPS) is 13.7. The van der Waals surface area contributed by atoms with Crippen LogP contribution in [-0.2, 0) is 14.3 Å². The van der Waals surface area contributed by atoms with E-state index >= 15 is 0 Å². The Kier molecular flexibility index (Phi) is 15.2. The van der Waals surface area contributed by atoms with Crippen LogP contribution in [0.4, 0.5) is 0 Å². The van der Waals surface area contributed by atoms with Gasteiger partial charge < -0.3 is 10.5 Å². The molecule has 0 heterocycles. The van der Waals surface area contributed by atoms with Gasteiger partial charge in [0.1, 0.15) is 0 Å². The molecule has 1 atom stereocenters. The average Bonchev–Trinajstić information content (AvgIpc) is 2.66. The van der Waals surface area contributed by atoms with Crippen LogP contribution in [0, 0.1) is 0 Å². The Hall–Kier alpha value is -1.84. The lowest BCUT2D eigenvalue weighted by Crippen LogP contribution is -2.47. The van der Waals surface area contributed by atoms with E-state index in [0.717, 1.165) is 44.6 Å². The zero-order valence-electron chi connectivity index (χ0n) is 17.4. The third kappa shape index (κ3) is 12.2. The van der Waals surface area contributed by atoms with Crippen LogP contribution in [0.2, 0.25) is 0 Å². The molecule has 0 radical (unpaired) electrons. The van der Waals surface area contributed by atoms with Crippen molar-refractivity contribution in [1.82, 2.24) is 0 Å². The van der Waals surface area contributed by atoms with Gasteiger partial charge in [-0.2, -0.15) is 0 Å². The lowest BCUT2D eigenvalue weighted by Gasteiger charge is -2.28. The Morgan fingerprint density at radius 2 is 1.52 bits per heavy atom. The Morgan fingerprint density at radius 1 is 0.926 bits per heavy atom. The first-order valence-electron chi connectivity index (χ1n) is 10.5. The summed E-state index contributed by atoms with van der Waals surface area (Å²) in [5.41, 5.74) is 4.27. The standard InChI is InChI=1S/C23H39NO3/c1-4-7-8-9-10-11-12-13-14-15-16-17-18-19-20-23(6-3,22(24)26)27-21(25)5-2/h5,10-11,13-14H,2,4,6-9,12,15-20H2,1,3H3,(H2,24,26)/b11-10-,14-13-. The van der Waals surface area contributed by atoms with Crippen molar-refractivity contribution in [3.63, 3.8) is 0 Å². The summed E-state index contributed by atoms with van der Waals surface area (Å²) in [6.45, 7) is 7.41. The first-order valence-corrected chi connectivity index (χ1v) is 10.5. The Bertz CT molecular complexity index is 482. The fourth-order valence-electron chi connectivity index (χ4n) is 2.93. The van der Waals surface area contributed by atoms with Gasteiger partial charge in [-0.05, 0) is 51.4 Å². The largest absolute Gasteiger partial charge is 0.446 e. The first-order chi connectivity index (χ1) is 13.0. The Balaban J connectivity index is 3.90. The van der Waals surface area contributed by atoms with E-state index in [4.69, 9.17) is 10.5 Å². The second-order valence-corrected chi connectivity index (χ2v) is 6.96. The summed E-state index contributed by atoms with van der Waals surface area (Å²) in [7, 11) is 0. The van der Waals surface area contributed by atoms with E-state index in [2.05, 4.69) is 37.8 Å². The van der Waals surface area contributed by atoms with Crippen molar-refractivity contribution >= 4 is 11.9 Å². The second-order valence-electron chi connectivity index (χ2n) is 6.96. The molecule has 0 saturated heterocycles. The highest BCUT2D eigenvalue weighted by Gasteiger charge is 2.37. The minimum atomic E-state index is -1.20. The summed E-state index contributed by atoms with van der Waals surface area (Å²) in [4.78, 5) is 23.2. The minimum absolute atomic E-state index is 0.386. The van der Waals surface area contributed by atoms with E-state index in [9.17, 15) is 9.59 Å². The molecule has 154 valence electrons. The molecule has 0 aromatic heterocycles. The molecule has 0 bridgehead atoms. The van der Waals surface area contributed by atoms with E-state index in [1.165, 1.54) is 25.7 Å². The van der Waals surface area contributed by atoms with E-state index in [-0.39, 0.29) is 0 Å². The van der Waals surface area contributed by atoms with Crippen molar-refractivity contribution in [2.24, 2.45) is 5.73 Å². The molecule has 1 unspecified atom stereocenters. The summed E-state index contributed by atoms with van der Waals surface area (Å²) in [6.07, 6.45) is 22.1. The van der Waals surface area contributed by atoms with Crippen LogP contribution in [0.25, 0.3) is 0 Å². The highest BCUT2D eigenvalue weighted by Crippen LogP contribution is 2.24. The van der Waals surface area contributed by atoms with Crippen molar-refractivity contribution < 1.29 is 14.3 Å². The van der Waals surface area contributed by atoms with E-state index in [1.807, 2.05) is 6.92 Å².